The number of aliphatic carboxylic acids is 1. The van der Waals surface area contributed by atoms with Crippen molar-refractivity contribution in [2.24, 2.45) is 5.73 Å². The number of hydrogen-bond donors (Lipinski definition) is 4. The highest BCUT2D eigenvalue weighted by Gasteiger charge is 2.20. The number of carboxylic acids is 1. The first-order valence-corrected chi connectivity index (χ1v) is 8.09. The van der Waals surface area contributed by atoms with E-state index in [1.165, 1.54) is 0 Å². The molecule has 1 atom stereocenters. The molecule has 0 amide bonds. The van der Waals surface area contributed by atoms with Crippen LogP contribution in [-0.4, -0.2) is 26.9 Å². The summed E-state index contributed by atoms with van der Waals surface area (Å²) in [4.78, 5) is 29.2. The van der Waals surface area contributed by atoms with Crippen LogP contribution < -0.4 is 5.73 Å². The Hall–Kier alpha value is -1.72. The lowest BCUT2D eigenvalue weighted by Crippen LogP contribution is -2.32. The van der Waals surface area contributed by atoms with Crippen molar-refractivity contribution in [3.8, 4) is 0 Å². The Morgan fingerprint density at radius 3 is 2.14 bits per heavy atom. The summed E-state index contributed by atoms with van der Waals surface area (Å²) in [7, 11) is -4.25. The van der Waals surface area contributed by atoms with Gasteiger partial charge in [0.2, 0.25) is 0 Å². The monoisotopic (exact) mass is 309 g/mol. The fraction of sp³-hybridized carbons (Fsp3) is 0.214. The van der Waals surface area contributed by atoms with Gasteiger partial charge in [-0.3, -0.25) is 9.36 Å². The average molecular weight is 309 g/mol. The minimum atomic E-state index is -4.25. The van der Waals surface area contributed by atoms with Gasteiger partial charge in [-0.25, -0.2) is 0 Å². The molecule has 7 heteroatoms. The van der Waals surface area contributed by atoms with Crippen LogP contribution in [0.15, 0.2) is 36.4 Å². The van der Waals surface area contributed by atoms with E-state index in [2.05, 4.69) is 0 Å². The molecule has 5 N–H and O–H groups in total. The molecule has 0 bridgehead atoms. The molecule has 0 aliphatic rings. The average Bonchev–Trinajstić information content (AvgIpc) is 2.37. The molecule has 0 saturated heterocycles. The Balaban J connectivity index is 2.50. The molecular weight excluding hydrogens is 293 g/mol. The number of carboxylic acid groups (broad SMARTS) is 1. The molecule has 0 saturated carbocycles. The minimum Gasteiger partial charge on any atom is -0.480 e. The van der Waals surface area contributed by atoms with Crippen molar-refractivity contribution < 1.29 is 24.3 Å². The Morgan fingerprint density at radius 1 is 1.14 bits per heavy atom. The molecule has 1 unspecified atom stereocenters. The summed E-state index contributed by atoms with van der Waals surface area (Å²) in [6, 6.07) is 9.66. The summed E-state index contributed by atoms with van der Waals surface area (Å²) in [5, 5.41) is 10.6. The lowest BCUT2D eigenvalue weighted by molar-refractivity contribution is -0.138. The van der Waals surface area contributed by atoms with Gasteiger partial charge in [0.1, 0.15) is 6.04 Å². The summed E-state index contributed by atoms with van der Waals surface area (Å²) < 4.78 is 11.3. The van der Waals surface area contributed by atoms with Crippen LogP contribution in [0.3, 0.4) is 0 Å². The topological polar surface area (TPSA) is 121 Å². The molecule has 0 fully saturated rings. The first-order valence-electron chi connectivity index (χ1n) is 6.30. The quantitative estimate of drug-likeness (QED) is 0.621. The van der Waals surface area contributed by atoms with Crippen molar-refractivity contribution in [1.82, 2.24) is 0 Å². The third kappa shape index (κ3) is 4.12. The summed E-state index contributed by atoms with van der Waals surface area (Å²) in [5.41, 5.74) is 6.51. The van der Waals surface area contributed by atoms with Gasteiger partial charge in [-0.1, -0.05) is 36.4 Å². The third-order valence-electron chi connectivity index (χ3n) is 3.20. The van der Waals surface area contributed by atoms with Crippen LogP contribution in [0.5, 0.6) is 0 Å². The van der Waals surface area contributed by atoms with Crippen LogP contribution >= 0.6 is 7.60 Å². The van der Waals surface area contributed by atoms with Crippen LogP contribution in [0.1, 0.15) is 11.1 Å². The van der Waals surface area contributed by atoms with Gasteiger partial charge in [-0.2, -0.15) is 0 Å². The van der Waals surface area contributed by atoms with Crippen molar-refractivity contribution in [1.29, 1.82) is 0 Å². The van der Waals surface area contributed by atoms with Gasteiger partial charge in [0.25, 0.3) is 0 Å². The van der Waals surface area contributed by atoms with Crippen LogP contribution in [0.2, 0.25) is 0 Å². The molecule has 0 aliphatic heterocycles. The Labute approximate surface area is 121 Å². The lowest BCUT2D eigenvalue weighted by atomic mass is 9.97. The van der Waals surface area contributed by atoms with Crippen LogP contribution in [0.25, 0.3) is 10.8 Å². The lowest BCUT2D eigenvalue weighted by Gasteiger charge is -2.14. The van der Waals surface area contributed by atoms with E-state index in [9.17, 15) is 19.1 Å². The predicted octanol–water partition coefficient (Wildman–Crippen LogP) is 1.47. The maximum atomic E-state index is 11.3. The van der Waals surface area contributed by atoms with E-state index in [4.69, 9.17) is 10.8 Å². The second kappa shape index (κ2) is 5.95. The molecule has 21 heavy (non-hydrogen) atoms. The zero-order chi connectivity index (χ0) is 15.6. The summed E-state index contributed by atoms with van der Waals surface area (Å²) in [6.45, 7) is 0. The number of nitrogens with two attached hydrogens (primary N) is 1. The summed E-state index contributed by atoms with van der Waals surface area (Å²) >= 11 is 0. The van der Waals surface area contributed by atoms with Gasteiger partial charge in [-0.15, -0.1) is 0 Å². The molecule has 0 heterocycles. The van der Waals surface area contributed by atoms with Crippen molar-refractivity contribution in [3.63, 3.8) is 0 Å². The van der Waals surface area contributed by atoms with Crippen LogP contribution in [0, 0.1) is 0 Å². The smallest absolute Gasteiger partial charge is 0.329 e. The Morgan fingerprint density at radius 2 is 1.67 bits per heavy atom. The van der Waals surface area contributed by atoms with E-state index in [-0.39, 0.29) is 6.42 Å². The predicted molar refractivity (Wildman–Crippen MR) is 79.0 cm³/mol. The number of hydrogen-bond acceptors (Lipinski definition) is 3. The fourth-order valence-electron chi connectivity index (χ4n) is 2.22. The summed E-state index contributed by atoms with van der Waals surface area (Å²) in [5.74, 6) is -1.15. The molecule has 0 aliphatic carbocycles. The van der Waals surface area contributed by atoms with Crippen molar-refractivity contribution in [3.05, 3.63) is 47.5 Å². The molecular formula is C14H16NO5P. The summed E-state index contributed by atoms with van der Waals surface area (Å²) in [6.07, 6.45) is -0.408. The van der Waals surface area contributed by atoms with Gasteiger partial charge < -0.3 is 20.6 Å². The largest absolute Gasteiger partial charge is 0.480 e. The number of rotatable bonds is 5. The maximum Gasteiger partial charge on any atom is 0.329 e. The second-order valence-corrected chi connectivity index (χ2v) is 6.59. The van der Waals surface area contributed by atoms with E-state index in [1.807, 2.05) is 24.3 Å². The molecule has 112 valence electrons. The van der Waals surface area contributed by atoms with Gasteiger partial charge in [0.15, 0.2) is 0 Å². The van der Waals surface area contributed by atoms with Gasteiger partial charge in [0, 0.05) is 0 Å². The number of carbonyl (C=O) groups is 1. The standard InChI is InChI=1S/C14H16NO5P/c15-13(14(16)17)7-11-5-9-3-1-2-4-10(9)6-12(11)8-21(18,19)20/h1-6,13H,7-8,15H2,(H,16,17)(H2,18,19,20). The number of benzene rings is 2. The number of fused-ring (bicyclic) bond motifs is 1. The normalized spacial score (nSPS) is 13.3. The van der Waals surface area contributed by atoms with E-state index in [0.717, 1.165) is 10.8 Å². The van der Waals surface area contributed by atoms with Gasteiger partial charge >= 0.3 is 13.6 Å². The molecule has 2 aromatic rings. The third-order valence-corrected chi connectivity index (χ3v) is 3.95. The van der Waals surface area contributed by atoms with Gasteiger partial charge in [0.05, 0.1) is 6.16 Å². The highest BCUT2D eigenvalue weighted by molar-refractivity contribution is 7.50. The fourth-order valence-corrected chi connectivity index (χ4v) is 2.96. The highest BCUT2D eigenvalue weighted by atomic mass is 31.2. The van der Waals surface area contributed by atoms with Crippen molar-refractivity contribution in [2.75, 3.05) is 0 Å². The van der Waals surface area contributed by atoms with E-state index < -0.39 is 25.8 Å². The zero-order valence-corrected chi connectivity index (χ0v) is 12.0. The van der Waals surface area contributed by atoms with Crippen molar-refractivity contribution in [2.45, 2.75) is 18.6 Å². The van der Waals surface area contributed by atoms with E-state index in [0.29, 0.717) is 11.1 Å². The Kier molecular flexibility index (Phi) is 4.44. The second-order valence-electron chi connectivity index (χ2n) is 4.94. The highest BCUT2D eigenvalue weighted by Crippen LogP contribution is 2.40. The first kappa shape index (κ1) is 15.7. The maximum absolute atomic E-state index is 11.3. The SMILES string of the molecule is NC(Cc1cc2ccccc2cc1CP(=O)(O)O)C(=O)O. The van der Waals surface area contributed by atoms with Crippen molar-refractivity contribution >= 4 is 24.3 Å². The molecule has 2 aromatic carbocycles. The van der Waals surface area contributed by atoms with Crippen LogP contribution in [0.4, 0.5) is 0 Å². The van der Waals surface area contributed by atoms with E-state index in [1.54, 1.807) is 12.1 Å². The molecule has 0 spiro atoms. The molecule has 0 radical (unpaired) electrons. The Bertz CT molecular complexity index is 724. The molecule has 0 aromatic heterocycles. The minimum absolute atomic E-state index is 0.0233. The van der Waals surface area contributed by atoms with E-state index >= 15 is 0 Å². The van der Waals surface area contributed by atoms with Crippen LogP contribution in [-0.2, 0) is 21.9 Å². The first-order chi connectivity index (χ1) is 9.76. The zero-order valence-electron chi connectivity index (χ0n) is 11.1. The molecule has 2 rings (SSSR count). The van der Waals surface area contributed by atoms with Gasteiger partial charge in [-0.05, 0) is 28.3 Å². The molecule has 6 nitrogen and oxygen atoms in total.